The van der Waals surface area contributed by atoms with Crippen LogP contribution in [0.5, 0.6) is 0 Å². The van der Waals surface area contributed by atoms with Gasteiger partial charge in [0, 0.05) is 61.7 Å². The molecule has 9 nitrogen and oxygen atoms in total. The van der Waals surface area contributed by atoms with E-state index in [2.05, 4.69) is 98.9 Å². The number of nitrogens with zero attached hydrogens (tertiary/aromatic N) is 4. The summed E-state index contributed by atoms with van der Waals surface area (Å²) in [7, 11) is 1.93. The maximum atomic E-state index is 13.4. The number of carboxylic acid groups (broad SMARTS) is 2. The van der Waals surface area contributed by atoms with Gasteiger partial charge in [0.25, 0.3) is 0 Å². The number of aliphatic carboxylic acids is 2. The zero-order valence-corrected chi connectivity index (χ0v) is 30.2. The van der Waals surface area contributed by atoms with Crippen LogP contribution in [0.3, 0.4) is 0 Å². The van der Waals surface area contributed by atoms with E-state index >= 15 is 0 Å². The number of piperidine rings is 1. The fraction of sp³-hybridized carbons (Fsp3) is 0.341. The van der Waals surface area contributed by atoms with E-state index in [4.69, 9.17) is 10.2 Å². The highest BCUT2D eigenvalue weighted by molar-refractivity contribution is 5.89. The third-order valence-corrected chi connectivity index (χ3v) is 9.60. The first-order chi connectivity index (χ1) is 23.7. The molecule has 0 aliphatic carbocycles. The second kappa shape index (κ2) is 17.0. The summed E-state index contributed by atoms with van der Waals surface area (Å²) in [6.07, 6.45) is 6.68. The zero-order valence-electron chi connectivity index (χ0n) is 30.2. The van der Waals surface area contributed by atoms with Crippen molar-refractivity contribution in [2.75, 3.05) is 20.1 Å². The van der Waals surface area contributed by atoms with Crippen molar-refractivity contribution in [2.24, 2.45) is 5.92 Å². The molecule has 5 rings (SSSR count). The Morgan fingerprint density at radius 2 is 1.14 bits per heavy atom. The molecule has 1 amide bonds. The molecule has 1 fully saturated rings. The van der Waals surface area contributed by atoms with Crippen LogP contribution in [0.2, 0.25) is 0 Å². The summed E-state index contributed by atoms with van der Waals surface area (Å²) >= 11 is 0. The van der Waals surface area contributed by atoms with Gasteiger partial charge in [-0.05, 0) is 161 Å². The van der Waals surface area contributed by atoms with E-state index in [-0.39, 0.29) is 11.8 Å². The molecule has 0 saturated carbocycles. The summed E-state index contributed by atoms with van der Waals surface area (Å²) in [4.78, 5) is 46.2. The number of carbonyl (C=O) groups excluding carboxylic acids is 1. The van der Waals surface area contributed by atoms with Crippen molar-refractivity contribution >= 4 is 17.8 Å². The predicted molar refractivity (Wildman–Crippen MR) is 197 cm³/mol. The summed E-state index contributed by atoms with van der Waals surface area (Å²) in [5, 5.41) is 15.6. The molecule has 0 radical (unpaired) electrons. The molecule has 9 heteroatoms. The molecule has 262 valence electrons. The summed E-state index contributed by atoms with van der Waals surface area (Å²) in [6.45, 7) is 16.3. The van der Waals surface area contributed by atoms with E-state index in [1.54, 1.807) is 0 Å². The van der Waals surface area contributed by atoms with Crippen LogP contribution in [0.25, 0.3) is 22.5 Å². The van der Waals surface area contributed by atoms with Crippen LogP contribution in [0.1, 0.15) is 57.3 Å². The number of likely N-dealkylation sites (tertiary alicyclic amines) is 1. The minimum atomic E-state index is -1.26. The van der Waals surface area contributed by atoms with Crippen molar-refractivity contribution in [3.05, 3.63) is 118 Å². The van der Waals surface area contributed by atoms with Gasteiger partial charge in [-0.2, -0.15) is 0 Å². The number of carboxylic acids is 2. The SMILES string of the molecule is Cc1cc(-c2cc(CN3CCC(C(=O)N(C)Cc4ccnc(-c5cc(C)c(C)c(C)c5)c4)CC3)ccn2)cc(C)c1C.O=C(O)/C=C\C(=O)O. The van der Waals surface area contributed by atoms with Gasteiger partial charge in [-0.15, -0.1) is 0 Å². The molecule has 0 bridgehead atoms. The van der Waals surface area contributed by atoms with Gasteiger partial charge >= 0.3 is 11.9 Å². The highest BCUT2D eigenvalue weighted by atomic mass is 16.4. The number of aromatic nitrogens is 2. The molecule has 1 aliphatic heterocycles. The number of pyridine rings is 2. The molecule has 50 heavy (non-hydrogen) atoms. The van der Waals surface area contributed by atoms with Crippen molar-refractivity contribution in [3.8, 4) is 22.5 Å². The standard InChI is InChI=1S/C37H44N4O.C4H4O4/c1-24-16-33(17-25(2)28(24)5)35-20-30(8-12-38-35)22-40(7)37(42)32-10-14-41(15-11-32)23-31-9-13-39-36(21-31)34-18-26(3)29(6)27(4)19-34;5-3(6)1-2-4(7)8/h8-9,12-13,16-21,32H,10-11,14-15,22-23H2,1-7H3;1-2H,(H,5,6)(H,7,8)/b;2-1-. The van der Waals surface area contributed by atoms with Crippen molar-refractivity contribution in [3.63, 3.8) is 0 Å². The second-order valence-corrected chi connectivity index (χ2v) is 13.3. The number of carbonyl (C=O) groups is 3. The van der Waals surface area contributed by atoms with Crippen molar-refractivity contribution in [1.29, 1.82) is 0 Å². The van der Waals surface area contributed by atoms with Crippen LogP contribution >= 0.6 is 0 Å². The van der Waals surface area contributed by atoms with E-state index in [0.29, 0.717) is 18.7 Å². The van der Waals surface area contributed by atoms with Crippen LogP contribution in [0.15, 0.2) is 73.1 Å². The number of benzene rings is 2. The first kappa shape index (κ1) is 37.7. The first-order valence-corrected chi connectivity index (χ1v) is 16.9. The average Bonchev–Trinajstić information content (AvgIpc) is 3.08. The Morgan fingerprint density at radius 3 is 1.58 bits per heavy atom. The molecular weight excluding hydrogens is 628 g/mol. The molecule has 4 aromatic rings. The van der Waals surface area contributed by atoms with E-state index in [0.717, 1.165) is 55.0 Å². The van der Waals surface area contributed by atoms with Crippen LogP contribution < -0.4 is 0 Å². The topological polar surface area (TPSA) is 124 Å². The van der Waals surface area contributed by atoms with E-state index in [9.17, 15) is 14.4 Å². The third-order valence-electron chi connectivity index (χ3n) is 9.60. The minimum Gasteiger partial charge on any atom is -0.478 e. The molecule has 2 aromatic heterocycles. The number of aryl methyl sites for hydroxylation is 4. The Labute approximate surface area is 295 Å². The Hall–Kier alpha value is -5.15. The summed E-state index contributed by atoms with van der Waals surface area (Å²) < 4.78 is 0. The lowest BCUT2D eigenvalue weighted by Gasteiger charge is -2.33. The Morgan fingerprint density at radius 1 is 0.720 bits per heavy atom. The Balaban J connectivity index is 0.000000627. The lowest BCUT2D eigenvalue weighted by Crippen LogP contribution is -2.40. The summed E-state index contributed by atoms with van der Waals surface area (Å²) in [5.41, 5.74) is 14.5. The van der Waals surface area contributed by atoms with Crippen LogP contribution in [-0.4, -0.2) is 68.0 Å². The monoisotopic (exact) mass is 676 g/mol. The Kier molecular flexibility index (Phi) is 12.8. The van der Waals surface area contributed by atoms with Gasteiger partial charge in [-0.1, -0.05) is 0 Å². The van der Waals surface area contributed by atoms with Crippen molar-refractivity contribution in [1.82, 2.24) is 19.8 Å². The highest BCUT2D eigenvalue weighted by Crippen LogP contribution is 2.27. The molecule has 1 aliphatic rings. The largest absolute Gasteiger partial charge is 0.478 e. The maximum Gasteiger partial charge on any atom is 0.328 e. The fourth-order valence-electron chi connectivity index (χ4n) is 6.23. The van der Waals surface area contributed by atoms with E-state index in [1.165, 1.54) is 44.5 Å². The minimum absolute atomic E-state index is 0.0708. The summed E-state index contributed by atoms with van der Waals surface area (Å²) in [5.74, 6) is -2.20. The fourth-order valence-corrected chi connectivity index (χ4v) is 6.23. The Bertz CT molecular complexity index is 1830. The molecule has 2 N–H and O–H groups in total. The zero-order chi connectivity index (χ0) is 36.5. The van der Waals surface area contributed by atoms with E-state index in [1.807, 2.05) is 30.4 Å². The normalized spacial score (nSPS) is 13.5. The maximum absolute atomic E-state index is 13.4. The van der Waals surface area contributed by atoms with Crippen LogP contribution in [0.4, 0.5) is 0 Å². The highest BCUT2D eigenvalue weighted by Gasteiger charge is 2.27. The van der Waals surface area contributed by atoms with Gasteiger partial charge in [-0.25, -0.2) is 9.59 Å². The molecule has 2 aromatic carbocycles. The lowest BCUT2D eigenvalue weighted by atomic mass is 9.94. The smallest absolute Gasteiger partial charge is 0.328 e. The third kappa shape index (κ3) is 10.2. The lowest BCUT2D eigenvalue weighted by molar-refractivity contribution is -0.136. The van der Waals surface area contributed by atoms with Crippen LogP contribution in [0, 0.1) is 47.5 Å². The number of amides is 1. The van der Waals surface area contributed by atoms with Crippen molar-refractivity contribution < 1.29 is 24.6 Å². The molecule has 0 spiro atoms. The second-order valence-electron chi connectivity index (χ2n) is 13.3. The quantitative estimate of drug-likeness (QED) is 0.178. The predicted octanol–water partition coefficient (Wildman–Crippen LogP) is 7.24. The van der Waals surface area contributed by atoms with Gasteiger partial charge in [0.05, 0.1) is 11.4 Å². The van der Waals surface area contributed by atoms with Gasteiger partial charge in [-0.3, -0.25) is 19.7 Å². The van der Waals surface area contributed by atoms with Gasteiger partial charge in [0.15, 0.2) is 0 Å². The molecular formula is C41H48N4O5. The number of rotatable bonds is 9. The van der Waals surface area contributed by atoms with Gasteiger partial charge < -0.3 is 15.1 Å². The molecule has 0 atom stereocenters. The molecule has 1 saturated heterocycles. The number of hydrogen-bond donors (Lipinski definition) is 2. The van der Waals surface area contributed by atoms with Gasteiger partial charge in [0.2, 0.25) is 5.91 Å². The van der Waals surface area contributed by atoms with E-state index < -0.39 is 11.9 Å². The van der Waals surface area contributed by atoms with Crippen LogP contribution in [-0.2, 0) is 27.5 Å². The first-order valence-electron chi connectivity index (χ1n) is 16.9. The van der Waals surface area contributed by atoms with Gasteiger partial charge in [0.1, 0.15) is 0 Å². The number of hydrogen-bond acceptors (Lipinski definition) is 6. The van der Waals surface area contributed by atoms with Crippen molar-refractivity contribution in [2.45, 2.75) is 67.5 Å². The molecule has 0 unspecified atom stereocenters. The average molecular weight is 677 g/mol. The molecule has 3 heterocycles. The summed E-state index contributed by atoms with van der Waals surface area (Å²) in [6, 6.07) is 17.4.